The molecule has 4 rings (SSSR count). The molecule has 32 heavy (non-hydrogen) atoms. The lowest BCUT2D eigenvalue weighted by Gasteiger charge is -2.19. The van der Waals surface area contributed by atoms with Crippen LogP contribution >= 0.6 is 23.2 Å². The Kier molecular flexibility index (Phi) is 6.65. The quantitative estimate of drug-likeness (QED) is 0.429. The molecule has 1 aliphatic rings. The zero-order valence-corrected chi connectivity index (χ0v) is 18.6. The van der Waals surface area contributed by atoms with Crippen LogP contribution in [0.1, 0.15) is 39.5 Å². The monoisotopic (exact) mass is 468 g/mol. The normalized spacial score (nSPS) is 15.2. The Bertz CT molecular complexity index is 1180. The summed E-state index contributed by atoms with van der Waals surface area (Å²) < 4.78 is 0. The van der Waals surface area contributed by atoms with Gasteiger partial charge in [0.1, 0.15) is 0 Å². The van der Waals surface area contributed by atoms with E-state index >= 15 is 0 Å². The van der Waals surface area contributed by atoms with Gasteiger partial charge in [-0.15, -0.1) is 0 Å². The Balaban J connectivity index is 1.51. The van der Waals surface area contributed by atoms with Crippen LogP contribution in [0.2, 0.25) is 10.0 Å². The summed E-state index contributed by atoms with van der Waals surface area (Å²) in [4.78, 5) is 25.2. The number of halogens is 2. The molecule has 6 nitrogen and oxygen atoms in total. The number of hydrogen-bond acceptors (Lipinski definition) is 4. The summed E-state index contributed by atoms with van der Waals surface area (Å²) in [6.07, 6.45) is 0.190. The van der Waals surface area contributed by atoms with E-state index in [1.165, 1.54) is 0 Å². The van der Waals surface area contributed by atoms with Crippen LogP contribution in [0.4, 0.5) is 11.4 Å². The lowest BCUT2D eigenvalue weighted by atomic mass is 10.0. The van der Waals surface area contributed by atoms with Gasteiger partial charge in [0.25, 0.3) is 5.91 Å². The van der Waals surface area contributed by atoms with E-state index in [-0.39, 0.29) is 24.3 Å². The molecule has 1 heterocycles. The SMILES string of the molecule is NCc1cccc(CNC(=O)c2ccc3c(c2)NC(=O)CC(c2ccc(Cl)cc2Cl)N3)c1. The van der Waals surface area contributed by atoms with Gasteiger partial charge >= 0.3 is 0 Å². The summed E-state index contributed by atoms with van der Waals surface area (Å²) in [6.45, 7) is 0.826. The summed E-state index contributed by atoms with van der Waals surface area (Å²) in [5, 5.41) is 10.1. The smallest absolute Gasteiger partial charge is 0.251 e. The molecule has 0 aliphatic carbocycles. The molecule has 0 aromatic heterocycles. The van der Waals surface area contributed by atoms with Gasteiger partial charge in [-0.05, 0) is 47.0 Å². The molecule has 8 heteroatoms. The number of nitrogens with one attached hydrogen (secondary N) is 3. The van der Waals surface area contributed by atoms with Gasteiger partial charge in [-0.25, -0.2) is 0 Å². The molecule has 0 fully saturated rings. The first-order chi connectivity index (χ1) is 15.4. The van der Waals surface area contributed by atoms with Crippen molar-refractivity contribution in [3.8, 4) is 0 Å². The summed E-state index contributed by atoms with van der Waals surface area (Å²) in [6, 6.07) is 17.8. The molecule has 0 saturated carbocycles. The Hall–Kier alpha value is -3.06. The van der Waals surface area contributed by atoms with Crippen molar-refractivity contribution in [1.29, 1.82) is 0 Å². The van der Waals surface area contributed by atoms with E-state index in [1.54, 1.807) is 30.3 Å². The fourth-order valence-electron chi connectivity index (χ4n) is 3.66. The molecule has 0 bridgehead atoms. The van der Waals surface area contributed by atoms with Crippen molar-refractivity contribution in [1.82, 2.24) is 5.32 Å². The van der Waals surface area contributed by atoms with E-state index in [4.69, 9.17) is 28.9 Å². The number of rotatable bonds is 5. The van der Waals surface area contributed by atoms with Crippen molar-refractivity contribution in [3.05, 3.63) is 93.0 Å². The van der Waals surface area contributed by atoms with Crippen LogP contribution in [-0.4, -0.2) is 11.8 Å². The first kappa shape index (κ1) is 22.1. The fourth-order valence-corrected chi connectivity index (χ4v) is 4.20. The Labute approximate surface area is 196 Å². The molecule has 164 valence electrons. The van der Waals surface area contributed by atoms with Crippen LogP contribution < -0.4 is 21.7 Å². The highest BCUT2D eigenvalue weighted by Gasteiger charge is 2.24. The molecule has 0 saturated heterocycles. The number of anilines is 2. The number of fused-ring (bicyclic) bond motifs is 1. The maximum absolute atomic E-state index is 12.7. The zero-order valence-electron chi connectivity index (χ0n) is 17.1. The number of amides is 2. The molecule has 2 amide bonds. The third-order valence-electron chi connectivity index (χ3n) is 5.29. The third-order valence-corrected chi connectivity index (χ3v) is 5.86. The molecule has 0 radical (unpaired) electrons. The molecule has 1 aliphatic heterocycles. The highest BCUT2D eigenvalue weighted by molar-refractivity contribution is 6.35. The molecule has 1 unspecified atom stereocenters. The van der Waals surface area contributed by atoms with E-state index in [2.05, 4.69) is 16.0 Å². The molecule has 5 N–H and O–H groups in total. The van der Waals surface area contributed by atoms with E-state index < -0.39 is 0 Å². The van der Waals surface area contributed by atoms with Crippen LogP contribution in [0.5, 0.6) is 0 Å². The van der Waals surface area contributed by atoms with E-state index in [0.717, 1.165) is 16.7 Å². The summed E-state index contributed by atoms with van der Waals surface area (Å²) in [7, 11) is 0. The average molecular weight is 469 g/mol. The van der Waals surface area contributed by atoms with Crippen LogP contribution in [0.25, 0.3) is 0 Å². The summed E-state index contributed by atoms with van der Waals surface area (Å²) in [5.74, 6) is -0.412. The van der Waals surface area contributed by atoms with Crippen molar-refractivity contribution >= 4 is 46.4 Å². The molecule has 1 atom stereocenters. The first-order valence-electron chi connectivity index (χ1n) is 10.1. The van der Waals surface area contributed by atoms with Gasteiger partial charge in [0.15, 0.2) is 0 Å². The average Bonchev–Trinajstić information content (AvgIpc) is 2.94. The largest absolute Gasteiger partial charge is 0.376 e. The number of benzene rings is 3. The molecular formula is C24H22Cl2N4O2. The second kappa shape index (κ2) is 9.61. The number of carbonyl (C=O) groups is 2. The minimum atomic E-state index is -0.324. The van der Waals surface area contributed by atoms with Crippen molar-refractivity contribution in [2.24, 2.45) is 5.73 Å². The van der Waals surface area contributed by atoms with Crippen molar-refractivity contribution in [2.45, 2.75) is 25.6 Å². The van der Waals surface area contributed by atoms with Gasteiger partial charge in [0.2, 0.25) is 5.91 Å². The van der Waals surface area contributed by atoms with Gasteiger partial charge < -0.3 is 21.7 Å². The fraction of sp³-hybridized carbons (Fsp3) is 0.167. The summed E-state index contributed by atoms with van der Waals surface area (Å²) in [5.41, 5.74) is 10.1. The number of nitrogens with two attached hydrogens (primary N) is 1. The zero-order chi connectivity index (χ0) is 22.7. The lowest BCUT2D eigenvalue weighted by molar-refractivity contribution is -0.116. The minimum Gasteiger partial charge on any atom is -0.376 e. The van der Waals surface area contributed by atoms with Gasteiger partial charge in [-0.1, -0.05) is 53.5 Å². The Morgan fingerprint density at radius 2 is 1.84 bits per heavy atom. The molecule has 0 spiro atoms. The van der Waals surface area contributed by atoms with Gasteiger partial charge in [-0.2, -0.15) is 0 Å². The van der Waals surface area contributed by atoms with E-state index in [0.29, 0.717) is 40.1 Å². The van der Waals surface area contributed by atoms with E-state index in [9.17, 15) is 9.59 Å². The number of hydrogen-bond donors (Lipinski definition) is 4. The van der Waals surface area contributed by atoms with Gasteiger partial charge in [-0.3, -0.25) is 9.59 Å². The predicted molar refractivity (Wildman–Crippen MR) is 128 cm³/mol. The predicted octanol–water partition coefficient (Wildman–Crippen LogP) is 4.88. The first-order valence-corrected chi connectivity index (χ1v) is 10.9. The van der Waals surface area contributed by atoms with Crippen molar-refractivity contribution < 1.29 is 9.59 Å². The lowest BCUT2D eigenvalue weighted by Crippen LogP contribution is -2.23. The third kappa shape index (κ3) is 5.05. The summed E-state index contributed by atoms with van der Waals surface area (Å²) >= 11 is 12.3. The Morgan fingerprint density at radius 3 is 2.62 bits per heavy atom. The van der Waals surface area contributed by atoms with Crippen LogP contribution in [-0.2, 0) is 17.9 Å². The highest BCUT2D eigenvalue weighted by Crippen LogP contribution is 2.36. The topological polar surface area (TPSA) is 96.2 Å². The Morgan fingerprint density at radius 1 is 1.03 bits per heavy atom. The van der Waals surface area contributed by atoms with Crippen LogP contribution in [0, 0.1) is 0 Å². The maximum Gasteiger partial charge on any atom is 0.251 e. The van der Waals surface area contributed by atoms with E-state index in [1.807, 2.05) is 30.3 Å². The van der Waals surface area contributed by atoms with Gasteiger partial charge in [0.05, 0.1) is 23.8 Å². The molecule has 3 aromatic rings. The molecular weight excluding hydrogens is 447 g/mol. The van der Waals surface area contributed by atoms with Crippen LogP contribution in [0.3, 0.4) is 0 Å². The second-order valence-electron chi connectivity index (χ2n) is 7.58. The second-order valence-corrected chi connectivity index (χ2v) is 8.43. The van der Waals surface area contributed by atoms with Crippen molar-refractivity contribution in [3.63, 3.8) is 0 Å². The standard InChI is InChI=1S/C24H22Cl2N4O2/c25-17-5-6-18(19(26)10-17)21-11-23(31)30-22-9-16(4-7-20(22)29-21)24(32)28-13-15-3-1-2-14(8-15)12-27/h1-10,21,29H,11-13,27H2,(H,28,32)(H,30,31). The number of carbonyl (C=O) groups excluding carboxylic acids is 2. The highest BCUT2D eigenvalue weighted by atomic mass is 35.5. The molecule has 3 aromatic carbocycles. The van der Waals surface area contributed by atoms with Crippen LogP contribution in [0.15, 0.2) is 60.7 Å². The maximum atomic E-state index is 12.7. The minimum absolute atomic E-state index is 0.177. The van der Waals surface area contributed by atoms with Crippen molar-refractivity contribution in [2.75, 3.05) is 10.6 Å². The van der Waals surface area contributed by atoms with Gasteiger partial charge in [0, 0.05) is 28.7 Å².